The number of carbonyl (C=O) groups excluding carboxylic acids is 2. The van der Waals surface area contributed by atoms with Crippen LogP contribution in [-0.2, 0) is 9.53 Å². The predicted octanol–water partition coefficient (Wildman–Crippen LogP) is 3.49. The molecule has 8 heteroatoms. The second-order valence-corrected chi connectivity index (χ2v) is 5.65. The molecule has 0 bridgehead atoms. The number of benzene rings is 1. The Kier molecular flexibility index (Phi) is 5.28. The summed E-state index contributed by atoms with van der Waals surface area (Å²) in [4.78, 5) is 28.2. The van der Waals surface area contributed by atoms with E-state index in [1.807, 2.05) is 18.2 Å². The highest BCUT2D eigenvalue weighted by Crippen LogP contribution is 2.25. The SMILES string of the molecule is Cc1onc(-c2ccccc2)c1C(=O)OCC(=O)Nc1cccnc1Cl. The lowest BCUT2D eigenvalue weighted by molar-refractivity contribution is -0.119. The molecule has 0 atom stereocenters. The molecule has 1 amide bonds. The van der Waals surface area contributed by atoms with Crippen molar-refractivity contribution in [2.45, 2.75) is 6.92 Å². The number of aryl methyl sites for hydroxylation is 1. The van der Waals surface area contributed by atoms with Crippen LogP contribution in [0.5, 0.6) is 0 Å². The number of nitrogens with one attached hydrogen (secondary N) is 1. The molecular formula is C18H14ClN3O4. The summed E-state index contributed by atoms with van der Waals surface area (Å²) in [6.07, 6.45) is 1.50. The lowest BCUT2D eigenvalue weighted by Gasteiger charge is -2.07. The van der Waals surface area contributed by atoms with Crippen molar-refractivity contribution in [3.05, 3.63) is 65.1 Å². The average molecular weight is 372 g/mol. The Morgan fingerprint density at radius 2 is 1.96 bits per heavy atom. The van der Waals surface area contributed by atoms with Crippen molar-refractivity contribution in [2.75, 3.05) is 11.9 Å². The fraction of sp³-hybridized carbons (Fsp3) is 0.111. The highest BCUT2D eigenvalue weighted by Gasteiger charge is 2.23. The normalized spacial score (nSPS) is 10.4. The van der Waals surface area contributed by atoms with Crippen molar-refractivity contribution in [2.24, 2.45) is 0 Å². The number of anilines is 1. The zero-order chi connectivity index (χ0) is 18.5. The first-order chi connectivity index (χ1) is 12.6. The summed E-state index contributed by atoms with van der Waals surface area (Å²) in [6, 6.07) is 12.3. The van der Waals surface area contributed by atoms with Gasteiger partial charge in [0.05, 0.1) is 5.69 Å². The molecule has 0 unspecified atom stereocenters. The minimum atomic E-state index is -0.699. The van der Waals surface area contributed by atoms with Crippen LogP contribution in [0.4, 0.5) is 5.69 Å². The summed E-state index contributed by atoms with van der Waals surface area (Å²) >= 11 is 5.87. The molecule has 132 valence electrons. The van der Waals surface area contributed by atoms with E-state index >= 15 is 0 Å². The van der Waals surface area contributed by atoms with Crippen LogP contribution in [0, 0.1) is 6.92 Å². The van der Waals surface area contributed by atoms with Gasteiger partial charge >= 0.3 is 5.97 Å². The first-order valence-corrected chi connectivity index (χ1v) is 8.03. The van der Waals surface area contributed by atoms with Crippen LogP contribution in [0.25, 0.3) is 11.3 Å². The van der Waals surface area contributed by atoms with Gasteiger partial charge in [-0.2, -0.15) is 0 Å². The van der Waals surface area contributed by atoms with Gasteiger partial charge < -0.3 is 14.6 Å². The molecule has 3 rings (SSSR count). The van der Waals surface area contributed by atoms with E-state index in [1.165, 1.54) is 6.20 Å². The standard InChI is InChI=1S/C18H14ClN3O4/c1-11-15(16(22-26-11)12-6-3-2-4-7-12)18(24)25-10-14(23)21-13-8-5-9-20-17(13)19/h2-9H,10H2,1H3,(H,21,23). The minimum absolute atomic E-state index is 0.147. The molecule has 0 fully saturated rings. The summed E-state index contributed by atoms with van der Waals surface area (Å²) in [5.41, 5.74) is 1.59. The van der Waals surface area contributed by atoms with Crippen LogP contribution in [-0.4, -0.2) is 28.6 Å². The third kappa shape index (κ3) is 3.89. The lowest BCUT2D eigenvalue weighted by Crippen LogP contribution is -2.21. The molecule has 0 radical (unpaired) electrons. The highest BCUT2D eigenvalue weighted by molar-refractivity contribution is 6.32. The Hall–Kier alpha value is -3.19. The van der Waals surface area contributed by atoms with Crippen molar-refractivity contribution >= 4 is 29.2 Å². The summed E-state index contributed by atoms with van der Waals surface area (Å²) in [7, 11) is 0. The molecule has 26 heavy (non-hydrogen) atoms. The van der Waals surface area contributed by atoms with Crippen LogP contribution in [0.3, 0.4) is 0 Å². The van der Waals surface area contributed by atoms with Gasteiger partial charge in [0.25, 0.3) is 5.91 Å². The fourth-order valence-corrected chi connectivity index (χ4v) is 2.44. The Morgan fingerprint density at radius 3 is 2.69 bits per heavy atom. The van der Waals surface area contributed by atoms with E-state index in [9.17, 15) is 9.59 Å². The quantitative estimate of drug-likeness (QED) is 0.545. The summed E-state index contributed by atoms with van der Waals surface area (Å²) in [5.74, 6) is -0.928. The maximum atomic E-state index is 12.4. The van der Waals surface area contributed by atoms with Crippen molar-refractivity contribution in [3.8, 4) is 11.3 Å². The van der Waals surface area contributed by atoms with Crippen molar-refractivity contribution in [3.63, 3.8) is 0 Å². The topological polar surface area (TPSA) is 94.3 Å². The zero-order valence-corrected chi connectivity index (χ0v) is 14.5. The number of ether oxygens (including phenoxy) is 1. The fourth-order valence-electron chi connectivity index (χ4n) is 2.27. The zero-order valence-electron chi connectivity index (χ0n) is 13.7. The molecule has 2 heterocycles. The van der Waals surface area contributed by atoms with Crippen LogP contribution in [0.1, 0.15) is 16.1 Å². The first kappa shape index (κ1) is 17.6. The van der Waals surface area contributed by atoms with Gasteiger partial charge in [0.2, 0.25) is 0 Å². The Balaban J connectivity index is 1.69. The molecule has 0 saturated heterocycles. The maximum absolute atomic E-state index is 12.4. The van der Waals surface area contributed by atoms with Gasteiger partial charge in [-0.1, -0.05) is 47.1 Å². The largest absolute Gasteiger partial charge is 0.452 e. The molecule has 1 aromatic carbocycles. The maximum Gasteiger partial charge on any atom is 0.344 e. The van der Waals surface area contributed by atoms with E-state index in [4.69, 9.17) is 20.9 Å². The molecule has 0 aliphatic rings. The number of amides is 1. The van der Waals surface area contributed by atoms with Gasteiger partial charge in [-0.3, -0.25) is 4.79 Å². The second-order valence-electron chi connectivity index (χ2n) is 5.29. The van der Waals surface area contributed by atoms with Gasteiger partial charge in [0, 0.05) is 11.8 Å². The summed E-state index contributed by atoms with van der Waals surface area (Å²) in [5, 5.41) is 6.58. The number of aromatic nitrogens is 2. The van der Waals surface area contributed by atoms with Gasteiger partial charge in [-0.25, -0.2) is 9.78 Å². The van der Waals surface area contributed by atoms with Crippen LogP contribution < -0.4 is 5.32 Å². The molecule has 0 aliphatic carbocycles. The predicted molar refractivity (Wildman–Crippen MR) is 94.8 cm³/mol. The van der Waals surface area contributed by atoms with Crippen molar-refractivity contribution in [1.29, 1.82) is 0 Å². The molecule has 7 nitrogen and oxygen atoms in total. The number of pyridine rings is 1. The smallest absolute Gasteiger partial charge is 0.344 e. The molecule has 0 spiro atoms. The van der Waals surface area contributed by atoms with E-state index in [0.29, 0.717) is 22.7 Å². The molecule has 0 aliphatic heterocycles. The highest BCUT2D eigenvalue weighted by atomic mass is 35.5. The van der Waals surface area contributed by atoms with E-state index in [0.717, 1.165) is 0 Å². The first-order valence-electron chi connectivity index (χ1n) is 7.65. The third-order valence-corrected chi connectivity index (χ3v) is 3.78. The van der Waals surface area contributed by atoms with Gasteiger partial charge in [-0.05, 0) is 19.1 Å². The number of carbonyl (C=O) groups is 2. The number of hydrogen-bond donors (Lipinski definition) is 1. The lowest BCUT2D eigenvalue weighted by atomic mass is 10.1. The summed E-state index contributed by atoms with van der Waals surface area (Å²) < 4.78 is 10.2. The van der Waals surface area contributed by atoms with Crippen molar-refractivity contribution in [1.82, 2.24) is 10.1 Å². The Labute approximate surface area is 153 Å². The van der Waals surface area contributed by atoms with Crippen LogP contribution in [0.2, 0.25) is 5.15 Å². The number of halogens is 1. The molecular weight excluding hydrogens is 358 g/mol. The van der Waals surface area contributed by atoms with Crippen LogP contribution in [0.15, 0.2) is 53.2 Å². The molecule has 2 aromatic heterocycles. The second kappa shape index (κ2) is 7.79. The number of nitrogens with zero attached hydrogens (tertiary/aromatic N) is 2. The van der Waals surface area contributed by atoms with Gasteiger partial charge in [0.15, 0.2) is 11.8 Å². The van der Waals surface area contributed by atoms with E-state index < -0.39 is 18.5 Å². The molecule has 1 N–H and O–H groups in total. The van der Waals surface area contributed by atoms with E-state index in [1.54, 1.807) is 31.2 Å². The summed E-state index contributed by atoms with van der Waals surface area (Å²) in [6.45, 7) is 1.12. The minimum Gasteiger partial charge on any atom is -0.452 e. The third-order valence-electron chi connectivity index (χ3n) is 3.48. The number of esters is 1. The molecule has 0 saturated carbocycles. The number of rotatable bonds is 5. The Morgan fingerprint density at radius 1 is 1.19 bits per heavy atom. The Bertz CT molecular complexity index is 941. The number of hydrogen-bond acceptors (Lipinski definition) is 6. The molecule has 3 aromatic rings. The van der Waals surface area contributed by atoms with Crippen LogP contribution >= 0.6 is 11.6 Å². The monoisotopic (exact) mass is 371 g/mol. The van der Waals surface area contributed by atoms with Crippen molar-refractivity contribution < 1.29 is 18.8 Å². The van der Waals surface area contributed by atoms with Gasteiger partial charge in [0.1, 0.15) is 17.0 Å². The van der Waals surface area contributed by atoms with Gasteiger partial charge in [-0.15, -0.1) is 0 Å². The van der Waals surface area contributed by atoms with E-state index in [-0.39, 0.29) is 10.7 Å². The average Bonchev–Trinajstić information content (AvgIpc) is 3.04. The van der Waals surface area contributed by atoms with E-state index in [2.05, 4.69) is 15.5 Å².